The monoisotopic (exact) mass is 314 g/mol. The van der Waals surface area contributed by atoms with E-state index in [9.17, 15) is 0 Å². The summed E-state index contributed by atoms with van der Waals surface area (Å²) in [5, 5.41) is 0.612. The molecule has 0 aromatic heterocycles. The molecule has 21 heavy (non-hydrogen) atoms. The summed E-state index contributed by atoms with van der Waals surface area (Å²) in [4.78, 5) is 2.33. The third-order valence-corrected chi connectivity index (χ3v) is 4.02. The van der Waals surface area contributed by atoms with Crippen LogP contribution in [0.2, 0.25) is 5.02 Å². The number of hydrogen-bond donors (Lipinski definition) is 1. The fourth-order valence-electron chi connectivity index (χ4n) is 2.24. The summed E-state index contributed by atoms with van der Waals surface area (Å²) in [5.41, 5.74) is 6.94. The van der Waals surface area contributed by atoms with E-state index in [-0.39, 0.29) is 5.41 Å². The number of nitrogens with zero attached hydrogens (tertiary/aromatic N) is 1. The molecule has 0 aliphatic rings. The average molecular weight is 315 g/mol. The summed E-state index contributed by atoms with van der Waals surface area (Å²) < 4.78 is 10.6. The van der Waals surface area contributed by atoms with Crippen LogP contribution in [0.3, 0.4) is 0 Å². The number of rotatable bonds is 8. The van der Waals surface area contributed by atoms with Crippen LogP contribution in [0.15, 0.2) is 12.1 Å². The number of halogens is 1. The molecule has 120 valence electrons. The summed E-state index contributed by atoms with van der Waals surface area (Å²) in [6, 6.07) is 3.88. The van der Waals surface area contributed by atoms with Gasteiger partial charge in [0.1, 0.15) is 0 Å². The van der Waals surface area contributed by atoms with Gasteiger partial charge in [0.15, 0.2) is 11.5 Å². The first-order valence-corrected chi connectivity index (χ1v) is 7.58. The summed E-state index contributed by atoms with van der Waals surface area (Å²) in [6.07, 6.45) is 0. The van der Waals surface area contributed by atoms with E-state index in [1.807, 2.05) is 12.1 Å². The van der Waals surface area contributed by atoms with Gasteiger partial charge in [-0.05, 0) is 30.1 Å². The second-order valence-corrected chi connectivity index (χ2v) is 6.32. The Labute approximate surface area is 133 Å². The number of methoxy groups -OCH3 is 2. The minimum absolute atomic E-state index is 0.0824. The molecule has 1 rings (SSSR count). The molecule has 0 aliphatic carbocycles. The molecule has 0 amide bonds. The standard InChI is InChI=1S/C16H27ClN2O2/c1-6-19(11-16(2,3)10-18)9-12-7-8-13(20-4)15(21-5)14(12)17/h7-8H,6,9-11,18H2,1-5H3. The van der Waals surface area contributed by atoms with Crippen molar-refractivity contribution in [1.29, 1.82) is 0 Å². The highest BCUT2D eigenvalue weighted by Crippen LogP contribution is 2.37. The van der Waals surface area contributed by atoms with Gasteiger partial charge in [-0.3, -0.25) is 4.90 Å². The Kier molecular flexibility index (Phi) is 6.78. The Hall–Kier alpha value is -0.970. The molecule has 0 aliphatic heterocycles. The molecule has 0 unspecified atom stereocenters. The molecule has 1 aromatic carbocycles. The number of benzene rings is 1. The van der Waals surface area contributed by atoms with Crippen LogP contribution < -0.4 is 15.2 Å². The van der Waals surface area contributed by atoms with E-state index in [4.69, 9.17) is 26.8 Å². The Morgan fingerprint density at radius 2 is 1.90 bits per heavy atom. The highest BCUT2D eigenvalue weighted by atomic mass is 35.5. The van der Waals surface area contributed by atoms with Crippen molar-refractivity contribution >= 4 is 11.6 Å². The minimum Gasteiger partial charge on any atom is -0.493 e. The molecular formula is C16H27ClN2O2. The zero-order valence-corrected chi connectivity index (χ0v) is 14.5. The molecule has 0 saturated heterocycles. The van der Waals surface area contributed by atoms with Crippen molar-refractivity contribution in [2.75, 3.05) is 33.9 Å². The summed E-state index contributed by atoms with van der Waals surface area (Å²) in [5.74, 6) is 1.24. The van der Waals surface area contributed by atoms with Crippen LogP contribution in [0.1, 0.15) is 26.3 Å². The highest BCUT2D eigenvalue weighted by Gasteiger charge is 2.21. The van der Waals surface area contributed by atoms with E-state index < -0.39 is 0 Å². The number of ether oxygens (including phenoxy) is 2. The molecule has 5 heteroatoms. The molecule has 0 bridgehead atoms. The zero-order chi connectivity index (χ0) is 16.0. The van der Waals surface area contributed by atoms with E-state index in [0.717, 1.165) is 25.2 Å². The molecule has 0 spiro atoms. The Bertz CT molecular complexity index is 464. The van der Waals surface area contributed by atoms with Crippen LogP contribution in [0.5, 0.6) is 11.5 Å². The van der Waals surface area contributed by atoms with E-state index in [2.05, 4.69) is 25.7 Å². The molecular weight excluding hydrogens is 288 g/mol. The fourth-order valence-corrected chi connectivity index (χ4v) is 2.54. The second-order valence-electron chi connectivity index (χ2n) is 5.95. The lowest BCUT2D eigenvalue weighted by Crippen LogP contribution is -2.38. The minimum atomic E-state index is 0.0824. The van der Waals surface area contributed by atoms with Gasteiger partial charge >= 0.3 is 0 Å². The van der Waals surface area contributed by atoms with Gasteiger partial charge in [-0.15, -0.1) is 0 Å². The van der Waals surface area contributed by atoms with Crippen LogP contribution in [0.4, 0.5) is 0 Å². The Morgan fingerprint density at radius 1 is 1.24 bits per heavy atom. The van der Waals surface area contributed by atoms with Gasteiger partial charge in [0.2, 0.25) is 0 Å². The van der Waals surface area contributed by atoms with Crippen molar-refractivity contribution in [2.45, 2.75) is 27.3 Å². The third kappa shape index (κ3) is 4.77. The van der Waals surface area contributed by atoms with Gasteiger partial charge in [-0.2, -0.15) is 0 Å². The van der Waals surface area contributed by atoms with Crippen molar-refractivity contribution in [3.05, 3.63) is 22.7 Å². The SMILES string of the molecule is CCN(Cc1ccc(OC)c(OC)c1Cl)CC(C)(C)CN. The van der Waals surface area contributed by atoms with Gasteiger partial charge < -0.3 is 15.2 Å². The first kappa shape index (κ1) is 18.1. The highest BCUT2D eigenvalue weighted by molar-refractivity contribution is 6.33. The molecule has 0 heterocycles. The molecule has 2 N–H and O–H groups in total. The Balaban J connectivity index is 2.95. The summed E-state index contributed by atoms with van der Waals surface area (Å²) in [6.45, 7) is 9.76. The maximum Gasteiger partial charge on any atom is 0.179 e. The Morgan fingerprint density at radius 3 is 2.38 bits per heavy atom. The lowest BCUT2D eigenvalue weighted by molar-refractivity contribution is 0.183. The van der Waals surface area contributed by atoms with Gasteiger partial charge in [-0.1, -0.05) is 38.4 Å². The molecule has 4 nitrogen and oxygen atoms in total. The van der Waals surface area contributed by atoms with Crippen molar-refractivity contribution < 1.29 is 9.47 Å². The lowest BCUT2D eigenvalue weighted by Gasteiger charge is -2.31. The maximum absolute atomic E-state index is 6.44. The molecule has 0 saturated carbocycles. The van der Waals surface area contributed by atoms with Gasteiger partial charge in [-0.25, -0.2) is 0 Å². The molecule has 1 aromatic rings. The van der Waals surface area contributed by atoms with Crippen molar-refractivity contribution in [3.63, 3.8) is 0 Å². The number of nitrogens with two attached hydrogens (primary N) is 1. The normalized spacial score (nSPS) is 11.8. The van der Waals surface area contributed by atoms with Crippen LogP contribution >= 0.6 is 11.6 Å². The smallest absolute Gasteiger partial charge is 0.179 e. The largest absolute Gasteiger partial charge is 0.493 e. The van der Waals surface area contributed by atoms with E-state index in [1.165, 1.54) is 0 Å². The number of hydrogen-bond acceptors (Lipinski definition) is 4. The predicted octanol–water partition coefficient (Wildman–Crippen LogP) is 3.16. The second kappa shape index (κ2) is 7.87. The summed E-state index contributed by atoms with van der Waals surface area (Å²) in [7, 11) is 3.21. The molecule has 0 fully saturated rings. The average Bonchev–Trinajstić information content (AvgIpc) is 2.47. The topological polar surface area (TPSA) is 47.7 Å². The van der Waals surface area contributed by atoms with Crippen LogP contribution in [0.25, 0.3) is 0 Å². The zero-order valence-electron chi connectivity index (χ0n) is 13.7. The van der Waals surface area contributed by atoms with Crippen LogP contribution in [0, 0.1) is 5.41 Å². The summed E-state index contributed by atoms with van der Waals surface area (Å²) >= 11 is 6.44. The maximum atomic E-state index is 6.44. The van der Waals surface area contributed by atoms with Crippen molar-refractivity contribution in [1.82, 2.24) is 4.90 Å². The van der Waals surface area contributed by atoms with E-state index in [1.54, 1.807) is 14.2 Å². The van der Waals surface area contributed by atoms with Crippen LogP contribution in [-0.4, -0.2) is 38.8 Å². The van der Waals surface area contributed by atoms with E-state index in [0.29, 0.717) is 23.1 Å². The molecule has 0 atom stereocenters. The predicted molar refractivity (Wildman–Crippen MR) is 88.3 cm³/mol. The lowest BCUT2D eigenvalue weighted by atomic mass is 9.93. The quantitative estimate of drug-likeness (QED) is 0.800. The van der Waals surface area contributed by atoms with Gasteiger partial charge in [0, 0.05) is 13.1 Å². The van der Waals surface area contributed by atoms with E-state index >= 15 is 0 Å². The van der Waals surface area contributed by atoms with Crippen molar-refractivity contribution in [2.24, 2.45) is 11.1 Å². The fraction of sp³-hybridized carbons (Fsp3) is 0.625. The molecule has 0 radical (unpaired) electrons. The first-order chi connectivity index (χ1) is 9.88. The van der Waals surface area contributed by atoms with Crippen LogP contribution in [-0.2, 0) is 6.54 Å². The van der Waals surface area contributed by atoms with Gasteiger partial charge in [0.25, 0.3) is 0 Å². The van der Waals surface area contributed by atoms with Gasteiger partial charge in [0.05, 0.1) is 19.2 Å². The third-order valence-electron chi connectivity index (χ3n) is 3.61. The first-order valence-electron chi connectivity index (χ1n) is 7.20. The van der Waals surface area contributed by atoms with Crippen molar-refractivity contribution in [3.8, 4) is 11.5 Å².